The summed E-state index contributed by atoms with van der Waals surface area (Å²) in [5.74, 6) is 0.152. The molecule has 10 heteroatoms. The molecule has 0 radical (unpaired) electrons. The molecule has 0 aliphatic carbocycles. The Morgan fingerprint density at radius 2 is 1.72 bits per heavy atom. The van der Waals surface area contributed by atoms with Crippen molar-refractivity contribution in [3.8, 4) is 22.8 Å². The predicted molar refractivity (Wildman–Crippen MR) is 144 cm³/mol. The highest BCUT2D eigenvalue weighted by atomic mass is 32.2. The Morgan fingerprint density at radius 3 is 2.49 bits per heavy atom. The van der Waals surface area contributed by atoms with Crippen molar-refractivity contribution in [1.29, 1.82) is 0 Å². The number of carbonyl (C=O) groups is 1. The van der Waals surface area contributed by atoms with Crippen molar-refractivity contribution in [1.82, 2.24) is 19.6 Å². The first-order valence-corrected chi connectivity index (χ1v) is 13.7. The lowest BCUT2D eigenvalue weighted by Gasteiger charge is -2.38. The van der Waals surface area contributed by atoms with Gasteiger partial charge in [-0.25, -0.2) is 17.8 Å². The molecule has 0 saturated carbocycles. The van der Waals surface area contributed by atoms with E-state index in [0.717, 1.165) is 34.4 Å². The number of fused-ring (bicyclic) bond motifs is 1. The number of benzene rings is 3. The summed E-state index contributed by atoms with van der Waals surface area (Å²) in [6, 6.07) is 24.9. The van der Waals surface area contributed by atoms with Gasteiger partial charge in [-0.15, -0.1) is 0 Å². The highest BCUT2D eigenvalue weighted by Gasteiger charge is 2.37. The largest absolute Gasteiger partial charge is 0.456 e. The van der Waals surface area contributed by atoms with Gasteiger partial charge in [-0.3, -0.25) is 4.79 Å². The van der Waals surface area contributed by atoms with Crippen molar-refractivity contribution >= 4 is 27.0 Å². The summed E-state index contributed by atoms with van der Waals surface area (Å²) in [6.45, 7) is 0.268. The van der Waals surface area contributed by atoms with E-state index in [1.54, 1.807) is 30.5 Å². The predicted octanol–water partition coefficient (Wildman–Crippen LogP) is 4.96. The Labute approximate surface area is 224 Å². The van der Waals surface area contributed by atoms with E-state index in [0.29, 0.717) is 17.1 Å². The van der Waals surface area contributed by atoms with E-state index in [2.05, 4.69) is 15.3 Å². The number of carbonyl (C=O) groups excluding carboxylic acids is 1. The molecule has 1 fully saturated rings. The first kappa shape index (κ1) is 24.8. The second-order valence-corrected chi connectivity index (χ2v) is 11.2. The maximum atomic E-state index is 13.1. The van der Waals surface area contributed by atoms with Crippen LogP contribution >= 0.6 is 0 Å². The molecule has 2 N–H and O–H groups in total. The number of aromatic amines is 1. The Bertz CT molecular complexity index is 1770. The number of sulfonamides is 1. The van der Waals surface area contributed by atoms with Gasteiger partial charge in [0.2, 0.25) is 10.0 Å². The molecular formula is C29H23FN4O4S. The molecule has 0 spiro atoms. The minimum absolute atomic E-state index is 0.0159. The van der Waals surface area contributed by atoms with Gasteiger partial charge in [0.1, 0.15) is 23.0 Å². The fraction of sp³-hybridized carbons (Fsp3) is 0.103. The van der Waals surface area contributed by atoms with Crippen LogP contribution in [0.2, 0.25) is 0 Å². The SMILES string of the molecule is O=C(NC1CN(S(=O)(=O)c2ccc(F)cc2)C1)c1cccc(Oc2cnc3[nH]c(-c4ccccc4)cc3c2)c1. The van der Waals surface area contributed by atoms with Gasteiger partial charge in [0.05, 0.1) is 17.1 Å². The van der Waals surface area contributed by atoms with Gasteiger partial charge < -0.3 is 15.0 Å². The van der Waals surface area contributed by atoms with Crippen LogP contribution in [0.1, 0.15) is 10.4 Å². The molecule has 0 unspecified atom stereocenters. The van der Waals surface area contributed by atoms with E-state index in [1.165, 1.54) is 16.4 Å². The summed E-state index contributed by atoms with van der Waals surface area (Å²) in [7, 11) is -3.74. The van der Waals surface area contributed by atoms with Gasteiger partial charge in [-0.2, -0.15) is 4.31 Å². The molecule has 5 aromatic rings. The zero-order valence-electron chi connectivity index (χ0n) is 20.5. The maximum Gasteiger partial charge on any atom is 0.251 e. The number of pyridine rings is 1. The zero-order valence-corrected chi connectivity index (χ0v) is 21.4. The summed E-state index contributed by atoms with van der Waals surface area (Å²) < 4.78 is 45.7. The Kier molecular flexibility index (Phi) is 6.34. The number of nitrogens with one attached hydrogen (secondary N) is 2. The van der Waals surface area contributed by atoms with Crippen molar-refractivity contribution < 1.29 is 22.3 Å². The van der Waals surface area contributed by atoms with E-state index >= 15 is 0 Å². The van der Waals surface area contributed by atoms with Crippen LogP contribution in [0.15, 0.2) is 102 Å². The third kappa shape index (κ3) is 5.12. The molecule has 6 rings (SSSR count). The van der Waals surface area contributed by atoms with Gasteiger partial charge in [0.25, 0.3) is 5.91 Å². The minimum Gasteiger partial charge on any atom is -0.456 e. The monoisotopic (exact) mass is 542 g/mol. The van der Waals surface area contributed by atoms with Gasteiger partial charge in [-0.05, 0) is 60.2 Å². The first-order valence-electron chi connectivity index (χ1n) is 12.2. The van der Waals surface area contributed by atoms with Crippen molar-refractivity contribution in [2.75, 3.05) is 13.1 Å². The van der Waals surface area contributed by atoms with Crippen LogP contribution < -0.4 is 10.1 Å². The molecule has 3 heterocycles. The van der Waals surface area contributed by atoms with E-state index in [4.69, 9.17) is 4.74 Å². The first-order chi connectivity index (χ1) is 18.8. The smallest absolute Gasteiger partial charge is 0.251 e. The molecular weight excluding hydrogens is 519 g/mol. The molecule has 2 aromatic heterocycles. The van der Waals surface area contributed by atoms with Crippen molar-refractivity contribution in [2.24, 2.45) is 0 Å². The van der Waals surface area contributed by atoms with Crippen LogP contribution in [-0.4, -0.2) is 47.7 Å². The van der Waals surface area contributed by atoms with Crippen molar-refractivity contribution in [3.05, 3.63) is 109 Å². The fourth-order valence-electron chi connectivity index (χ4n) is 4.41. The number of hydrogen-bond acceptors (Lipinski definition) is 5. The Morgan fingerprint density at radius 1 is 0.949 bits per heavy atom. The van der Waals surface area contributed by atoms with Crippen LogP contribution in [0, 0.1) is 5.82 Å². The number of hydrogen-bond donors (Lipinski definition) is 2. The second kappa shape index (κ2) is 9.97. The van der Waals surface area contributed by atoms with Crippen molar-refractivity contribution in [3.63, 3.8) is 0 Å². The average molecular weight is 543 g/mol. The van der Waals surface area contributed by atoms with E-state index in [1.807, 2.05) is 42.5 Å². The zero-order chi connectivity index (χ0) is 27.0. The minimum atomic E-state index is -3.74. The lowest BCUT2D eigenvalue weighted by Crippen LogP contribution is -2.60. The summed E-state index contributed by atoms with van der Waals surface area (Å²) in [4.78, 5) is 20.6. The number of rotatable bonds is 7. The summed E-state index contributed by atoms with van der Waals surface area (Å²) in [5, 5.41) is 3.75. The molecule has 39 heavy (non-hydrogen) atoms. The average Bonchev–Trinajstić information content (AvgIpc) is 3.35. The van der Waals surface area contributed by atoms with Gasteiger partial charge in [0.15, 0.2) is 0 Å². The molecule has 0 bridgehead atoms. The number of aromatic nitrogens is 2. The number of ether oxygens (including phenoxy) is 1. The lowest BCUT2D eigenvalue weighted by atomic mass is 10.1. The summed E-state index contributed by atoms with van der Waals surface area (Å²) in [6.07, 6.45) is 1.62. The summed E-state index contributed by atoms with van der Waals surface area (Å²) in [5.41, 5.74) is 3.13. The molecule has 1 aliphatic rings. The molecule has 1 aliphatic heterocycles. The summed E-state index contributed by atoms with van der Waals surface area (Å²) >= 11 is 0. The molecule has 1 amide bonds. The van der Waals surface area contributed by atoms with Gasteiger partial charge in [-0.1, -0.05) is 36.4 Å². The third-order valence-corrected chi connectivity index (χ3v) is 8.34. The van der Waals surface area contributed by atoms with E-state index in [9.17, 15) is 17.6 Å². The second-order valence-electron chi connectivity index (χ2n) is 9.23. The van der Waals surface area contributed by atoms with Gasteiger partial charge >= 0.3 is 0 Å². The van der Waals surface area contributed by atoms with Crippen LogP contribution in [0.3, 0.4) is 0 Å². The third-order valence-electron chi connectivity index (χ3n) is 6.50. The topological polar surface area (TPSA) is 104 Å². The van der Waals surface area contributed by atoms with Crippen LogP contribution in [0.5, 0.6) is 11.5 Å². The molecule has 0 atom stereocenters. The van der Waals surface area contributed by atoms with Crippen LogP contribution in [0.4, 0.5) is 4.39 Å². The standard InChI is InChI=1S/C29H23FN4O4S/c30-22-9-11-26(12-10-22)39(36,37)34-17-23(18-34)32-29(35)20-7-4-8-24(13-20)38-25-14-21-15-27(33-28(21)31-16-25)19-5-2-1-3-6-19/h1-16,23H,17-18H2,(H,31,33)(H,32,35). The molecule has 196 valence electrons. The Hall–Kier alpha value is -4.54. The van der Waals surface area contributed by atoms with Gasteiger partial charge in [0, 0.05) is 29.7 Å². The van der Waals surface area contributed by atoms with E-state index < -0.39 is 15.8 Å². The maximum absolute atomic E-state index is 13.1. The van der Waals surface area contributed by atoms with Crippen LogP contribution in [-0.2, 0) is 10.0 Å². The molecule has 1 saturated heterocycles. The number of H-pyrrole nitrogens is 1. The van der Waals surface area contributed by atoms with Crippen molar-refractivity contribution in [2.45, 2.75) is 10.9 Å². The number of halogens is 1. The van der Waals surface area contributed by atoms with E-state index in [-0.39, 0.29) is 29.9 Å². The normalized spacial score (nSPS) is 14.2. The van der Waals surface area contributed by atoms with Crippen LogP contribution in [0.25, 0.3) is 22.3 Å². The fourth-order valence-corrected chi connectivity index (χ4v) is 5.94. The lowest BCUT2D eigenvalue weighted by molar-refractivity contribution is 0.0895. The highest BCUT2D eigenvalue weighted by Crippen LogP contribution is 2.28. The number of nitrogens with zero attached hydrogens (tertiary/aromatic N) is 2. The molecule has 8 nitrogen and oxygen atoms in total. The highest BCUT2D eigenvalue weighted by molar-refractivity contribution is 7.89. The molecule has 3 aromatic carbocycles. The Balaban J connectivity index is 1.09. The number of amides is 1. The quantitative estimate of drug-likeness (QED) is 0.302.